The summed E-state index contributed by atoms with van der Waals surface area (Å²) in [5.41, 5.74) is 0.493. The van der Waals surface area contributed by atoms with E-state index >= 15 is 0 Å². The van der Waals surface area contributed by atoms with Gasteiger partial charge in [-0.15, -0.1) is 0 Å². The van der Waals surface area contributed by atoms with Gasteiger partial charge in [0, 0.05) is 29.1 Å². The zero-order valence-electron chi connectivity index (χ0n) is 10.1. The Hall–Kier alpha value is -1.07. The summed E-state index contributed by atoms with van der Waals surface area (Å²) in [4.78, 5) is 12.4. The second-order valence-electron chi connectivity index (χ2n) is 4.11. The van der Waals surface area contributed by atoms with Crippen LogP contribution < -0.4 is 0 Å². The van der Waals surface area contributed by atoms with Crippen LogP contribution in [0.2, 0.25) is 0 Å². The van der Waals surface area contributed by atoms with Crippen LogP contribution in [0.1, 0.15) is 12.6 Å². The van der Waals surface area contributed by atoms with Crippen molar-refractivity contribution >= 4 is 29.6 Å². The van der Waals surface area contributed by atoms with Crippen LogP contribution in [-0.4, -0.2) is 32.0 Å². The van der Waals surface area contributed by atoms with Crippen molar-refractivity contribution in [2.45, 2.75) is 29.8 Å². The van der Waals surface area contributed by atoms with E-state index in [-0.39, 0.29) is 22.5 Å². The number of allylic oxidation sites excluding steroid dienone is 1. The quantitative estimate of drug-likeness (QED) is 0.401. The Bertz CT molecular complexity index is 472. The molecule has 1 aromatic heterocycles. The molecule has 2 unspecified atom stereocenters. The molecule has 0 amide bonds. The van der Waals surface area contributed by atoms with Crippen molar-refractivity contribution in [3.8, 4) is 5.88 Å². The van der Waals surface area contributed by atoms with Gasteiger partial charge in [0.15, 0.2) is 5.16 Å². The number of aryl methyl sites for hydroxylation is 1. The molecule has 0 spiro atoms. The lowest BCUT2D eigenvalue weighted by Gasteiger charge is -2.23. The van der Waals surface area contributed by atoms with Crippen molar-refractivity contribution in [1.29, 1.82) is 0 Å². The first kappa shape index (κ1) is 13.4. The number of hydrogen-bond acceptors (Lipinski definition) is 5. The van der Waals surface area contributed by atoms with Crippen molar-refractivity contribution in [2.75, 3.05) is 0 Å². The van der Waals surface area contributed by atoms with Crippen LogP contribution in [0.25, 0.3) is 0 Å². The van der Waals surface area contributed by atoms with E-state index in [1.807, 2.05) is 19.1 Å². The summed E-state index contributed by atoms with van der Waals surface area (Å²) in [5, 5.41) is 10.2. The summed E-state index contributed by atoms with van der Waals surface area (Å²) in [6.45, 7) is 3.88. The first-order chi connectivity index (χ1) is 8.56. The van der Waals surface area contributed by atoms with E-state index < -0.39 is 0 Å². The number of nitrogens with zero attached hydrogens (tertiary/aromatic N) is 3. The summed E-state index contributed by atoms with van der Waals surface area (Å²) in [6, 6.07) is 1.53. The monoisotopic (exact) mass is 283 g/mol. The predicted octanol–water partition coefficient (Wildman–Crippen LogP) is 2.79. The minimum atomic E-state index is -0.254. The number of rotatable bonds is 3. The van der Waals surface area contributed by atoms with Gasteiger partial charge in [-0.3, -0.25) is 4.99 Å². The lowest BCUT2D eigenvalue weighted by atomic mass is 10.0. The Morgan fingerprint density at radius 3 is 2.89 bits per heavy atom. The number of aromatic nitrogens is 2. The molecule has 0 radical (unpaired) electrons. The van der Waals surface area contributed by atoms with Gasteiger partial charge in [-0.2, -0.15) is 4.98 Å². The third-order valence-electron chi connectivity index (χ3n) is 2.62. The Morgan fingerprint density at radius 2 is 2.22 bits per heavy atom. The first-order valence-electron chi connectivity index (χ1n) is 5.61. The SMILES string of the molecule is Cc1cc(O)nc(S[C@@H](C)C2C=CC=NC2Cl)n1. The number of thioether (sulfide) groups is 1. The normalized spacial score (nSPS) is 24.2. The van der Waals surface area contributed by atoms with E-state index in [0.29, 0.717) is 5.16 Å². The molecule has 2 heterocycles. The maximum atomic E-state index is 9.44. The van der Waals surface area contributed by atoms with Crippen molar-refractivity contribution in [3.05, 3.63) is 23.9 Å². The Kier molecular flexibility index (Phi) is 4.24. The Balaban J connectivity index is 2.09. The van der Waals surface area contributed by atoms with Crippen LogP contribution in [0.4, 0.5) is 0 Å². The lowest BCUT2D eigenvalue weighted by Crippen LogP contribution is -2.23. The zero-order valence-corrected chi connectivity index (χ0v) is 11.7. The average molecular weight is 284 g/mol. The molecule has 0 aliphatic carbocycles. The molecule has 6 heteroatoms. The highest BCUT2D eigenvalue weighted by molar-refractivity contribution is 7.99. The van der Waals surface area contributed by atoms with Crippen molar-refractivity contribution in [3.63, 3.8) is 0 Å². The average Bonchev–Trinajstić information content (AvgIpc) is 2.27. The molecule has 1 N–H and O–H groups in total. The molecule has 1 aliphatic rings. The van der Waals surface area contributed by atoms with Gasteiger partial charge in [0.05, 0.1) is 0 Å². The summed E-state index contributed by atoms with van der Waals surface area (Å²) in [5.74, 6) is 0.129. The van der Waals surface area contributed by atoms with Crippen molar-refractivity contribution < 1.29 is 5.11 Å². The van der Waals surface area contributed by atoms with Crippen LogP contribution in [0.3, 0.4) is 0 Å². The van der Waals surface area contributed by atoms with Crippen LogP contribution >= 0.6 is 23.4 Å². The molecule has 4 nitrogen and oxygen atoms in total. The molecule has 0 aromatic carbocycles. The fourth-order valence-electron chi connectivity index (χ4n) is 1.70. The van der Waals surface area contributed by atoms with Crippen molar-refractivity contribution in [1.82, 2.24) is 9.97 Å². The van der Waals surface area contributed by atoms with Gasteiger partial charge in [0.2, 0.25) is 5.88 Å². The zero-order chi connectivity index (χ0) is 13.1. The predicted molar refractivity (Wildman–Crippen MR) is 74.5 cm³/mol. The molecular formula is C12H14ClN3OS. The molecule has 1 aliphatic heterocycles. The number of aliphatic imine (C=N–C) groups is 1. The standard InChI is InChI=1S/C12H14ClN3OS/c1-7-6-10(17)16-12(15-7)18-8(2)9-4-3-5-14-11(9)13/h3-6,8-9,11H,1-2H3,(H,15,16,17)/t8-,9?,11?/m0/s1. The van der Waals surface area contributed by atoms with Gasteiger partial charge in [0.25, 0.3) is 0 Å². The number of alkyl halides is 1. The largest absolute Gasteiger partial charge is 0.493 e. The summed E-state index contributed by atoms with van der Waals surface area (Å²) < 4.78 is 0. The molecular weight excluding hydrogens is 270 g/mol. The van der Waals surface area contributed by atoms with Gasteiger partial charge in [-0.25, -0.2) is 4.98 Å². The molecule has 3 atom stereocenters. The third-order valence-corrected chi connectivity index (χ3v) is 4.10. The van der Waals surface area contributed by atoms with Crippen LogP contribution in [0.5, 0.6) is 5.88 Å². The topological polar surface area (TPSA) is 58.4 Å². The molecule has 2 rings (SSSR count). The van der Waals surface area contributed by atoms with E-state index in [1.165, 1.54) is 17.8 Å². The van der Waals surface area contributed by atoms with Gasteiger partial charge in [0.1, 0.15) is 5.50 Å². The molecule has 0 saturated carbocycles. The molecule has 0 bridgehead atoms. The van der Waals surface area contributed by atoms with E-state index in [9.17, 15) is 5.11 Å². The van der Waals surface area contributed by atoms with Gasteiger partial charge in [-0.1, -0.05) is 36.4 Å². The fraction of sp³-hybridized carbons (Fsp3) is 0.417. The summed E-state index contributed by atoms with van der Waals surface area (Å²) in [6.07, 6.45) is 5.65. The highest BCUT2D eigenvalue weighted by Gasteiger charge is 2.25. The van der Waals surface area contributed by atoms with Crippen molar-refractivity contribution in [2.24, 2.45) is 10.9 Å². The summed E-state index contributed by atoms with van der Waals surface area (Å²) in [7, 11) is 0. The molecule has 0 fully saturated rings. The van der Waals surface area contributed by atoms with Gasteiger partial charge < -0.3 is 5.11 Å². The number of dihydropyridines is 1. The number of halogens is 1. The lowest BCUT2D eigenvalue weighted by molar-refractivity contribution is 0.444. The van der Waals surface area contributed by atoms with E-state index in [1.54, 1.807) is 6.21 Å². The third kappa shape index (κ3) is 3.23. The van der Waals surface area contributed by atoms with Gasteiger partial charge in [-0.05, 0) is 13.0 Å². The van der Waals surface area contributed by atoms with E-state index in [2.05, 4.69) is 21.9 Å². The minimum absolute atomic E-state index is 0.00293. The number of hydrogen-bond donors (Lipinski definition) is 1. The fourth-order valence-corrected chi connectivity index (χ4v) is 3.23. The minimum Gasteiger partial charge on any atom is -0.493 e. The van der Waals surface area contributed by atoms with E-state index in [4.69, 9.17) is 11.6 Å². The second-order valence-corrected chi connectivity index (χ2v) is 5.90. The number of aromatic hydroxyl groups is 1. The summed E-state index contributed by atoms with van der Waals surface area (Å²) >= 11 is 7.64. The highest BCUT2D eigenvalue weighted by atomic mass is 35.5. The van der Waals surface area contributed by atoms with Gasteiger partial charge >= 0.3 is 0 Å². The van der Waals surface area contributed by atoms with Crippen LogP contribution in [0, 0.1) is 12.8 Å². The molecule has 96 valence electrons. The molecule has 18 heavy (non-hydrogen) atoms. The maximum Gasteiger partial charge on any atom is 0.215 e. The first-order valence-corrected chi connectivity index (χ1v) is 6.93. The van der Waals surface area contributed by atoms with Crippen LogP contribution in [-0.2, 0) is 0 Å². The smallest absolute Gasteiger partial charge is 0.215 e. The highest BCUT2D eigenvalue weighted by Crippen LogP contribution is 2.32. The van der Waals surface area contributed by atoms with E-state index in [0.717, 1.165) is 5.69 Å². The van der Waals surface area contributed by atoms with Crippen LogP contribution in [0.15, 0.2) is 28.4 Å². The molecule has 0 saturated heterocycles. The Morgan fingerprint density at radius 1 is 1.44 bits per heavy atom. The second kappa shape index (κ2) is 5.71. The Labute approximate surface area is 115 Å². The maximum absolute atomic E-state index is 9.44. The molecule has 1 aromatic rings.